The molecule has 2 rings (SSSR count). The number of hydrogen-bond donors (Lipinski definition) is 1. The molecule has 0 bridgehead atoms. The minimum Gasteiger partial charge on any atom is -0.467 e. The second kappa shape index (κ2) is 10.4. The Labute approximate surface area is 172 Å². The maximum absolute atomic E-state index is 13.0. The van der Waals surface area contributed by atoms with Crippen molar-refractivity contribution in [3.8, 4) is 0 Å². The first-order valence-corrected chi connectivity index (χ1v) is 9.95. The molecule has 1 aromatic heterocycles. The Morgan fingerprint density at radius 2 is 1.96 bits per heavy atom. The van der Waals surface area contributed by atoms with Crippen LogP contribution in [0.1, 0.15) is 36.3 Å². The molecular formula is C19H21ClFN3O3S. The van der Waals surface area contributed by atoms with E-state index < -0.39 is 17.9 Å². The number of carbonyl (C=O) groups is 2. The molecule has 0 spiro atoms. The predicted octanol–water partition coefficient (Wildman–Crippen LogP) is 3.88. The average Bonchev–Trinajstić information content (AvgIpc) is 2.67. The van der Waals surface area contributed by atoms with E-state index in [0.717, 1.165) is 5.56 Å². The molecule has 0 saturated heterocycles. The molecule has 150 valence electrons. The maximum Gasteiger partial charge on any atom is 0.328 e. The topological polar surface area (TPSA) is 81.2 Å². The number of aromatic nitrogens is 2. The average molecular weight is 426 g/mol. The van der Waals surface area contributed by atoms with Gasteiger partial charge < -0.3 is 10.1 Å². The van der Waals surface area contributed by atoms with E-state index in [1.54, 1.807) is 12.1 Å². The first kappa shape index (κ1) is 22.1. The third kappa shape index (κ3) is 6.45. The summed E-state index contributed by atoms with van der Waals surface area (Å²) in [4.78, 5) is 32.8. The van der Waals surface area contributed by atoms with Crippen molar-refractivity contribution in [1.82, 2.24) is 15.3 Å². The normalized spacial score (nSPS) is 11.9. The summed E-state index contributed by atoms with van der Waals surface area (Å²) < 4.78 is 17.7. The summed E-state index contributed by atoms with van der Waals surface area (Å²) in [6.07, 6.45) is 1.76. The highest BCUT2D eigenvalue weighted by Gasteiger charge is 2.25. The summed E-state index contributed by atoms with van der Waals surface area (Å²) in [7, 11) is 1.27. The Balaban J connectivity index is 2.11. The van der Waals surface area contributed by atoms with Gasteiger partial charge in [0.2, 0.25) is 0 Å². The molecule has 9 heteroatoms. The van der Waals surface area contributed by atoms with Gasteiger partial charge in [-0.15, -0.1) is 0 Å². The number of rotatable bonds is 8. The summed E-state index contributed by atoms with van der Waals surface area (Å²) in [5.41, 5.74) is 0.870. The summed E-state index contributed by atoms with van der Waals surface area (Å²) >= 11 is 7.36. The zero-order chi connectivity index (χ0) is 20.7. The minimum absolute atomic E-state index is 0.0177. The van der Waals surface area contributed by atoms with Gasteiger partial charge in [0.25, 0.3) is 5.91 Å². The Bertz CT molecular complexity index is 834. The standard InChI is InChI=1S/C19H21ClFN3O3S/c1-11(2)8-15(18(26)27-3)23-17(25)16-14(20)9-22-19(24-16)28-10-12-4-6-13(21)7-5-12/h4-7,9,11,15H,8,10H2,1-3H3,(H,23,25). The molecule has 2 aromatic rings. The van der Waals surface area contributed by atoms with Gasteiger partial charge in [0.1, 0.15) is 11.9 Å². The zero-order valence-electron chi connectivity index (χ0n) is 15.7. The number of thioether (sulfide) groups is 1. The number of nitrogens with one attached hydrogen (secondary N) is 1. The smallest absolute Gasteiger partial charge is 0.328 e. The third-order valence-electron chi connectivity index (χ3n) is 3.72. The largest absolute Gasteiger partial charge is 0.467 e. The molecular weight excluding hydrogens is 405 g/mol. The molecule has 1 heterocycles. The predicted molar refractivity (Wildman–Crippen MR) is 106 cm³/mol. The molecule has 1 N–H and O–H groups in total. The number of ether oxygens (including phenoxy) is 1. The fourth-order valence-electron chi connectivity index (χ4n) is 2.36. The number of hydrogen-bond acceptors (Lipinski definition) is 6. The summed E-state index contributed by atoms with van der Waals surface area (Å²) in [6.45, 7) is 3.87. The summed E-state index contributed by atoms with van der Waals surface area (Å²) in [5, 5.41) is 3.05. The SMILES string of the molecule is COC(=O)C(CC(C)C)NC(=O)c1nc(SCc2ccc(F)cc2)ncc1Cl. The van der Waals surface area contributed by atoms with Gasteiger partial charge in [-0.3, -0.25) is 4.79 Å². The lowest BCUT2D eigenvalue weighted by atomic mass is 10.0. The van der Waals surface area contributed by atoms with Crippen LogP contribution in [0.25, 0.3) is 0 Å². The van der Waals surface area contributed by atoms with Gasteiger partial charge in [-0.1, -0.05) is 49.3 Å². The van der Waals surface area contributed by atoms with Gasteiger partial charge in [-0.25, -0.2) is 19.2 Å². The number of methoxy groups -OCH3 is 1. The lowest BCUT2D eigenvalue weighted by molar-refractivity contribution is -0.143. The van der Waals surface area contributed by atoms with E-state index in [9.17, 15) is 14.0 Å². The van der Waals surface area contributed by atoms with Crippen LogP contribution in [0, 0.1) is 11.7 Å². The van der Waals surface area contributed by atoms with Crippen LogP contribution in [-0.2, 0) is 15.3 Å². The van der Waals surface area contributed by atoms with Crippen molar-refractivity contribution in [2.45, 2.75) is 37.2 Å². The molecule has 6 nitrogen and oxygen atoms in total. The van der Waals surface area contributed by atoms with Crippen molar-refractivity contribution in [3.05, 3.63) is 52.6 Å². The molecule has 0 saturated carbocycles. The van der Waals surface area contributed by atoms with Crippen LogP contribution in [0.5, 0.6) is 0 Å². The van der Waals surface area contributed by atoms with Gasteiger partial charge in [0, 0.05) is 5.75 Å². The number of benzene rings is 1. The van der Waals surface area contributed by atoms with Crippen LogP contribution in [0.4, 0.5) is 4.39 Å². The van der Waals surface area contributed by atoms with Crippen molar-refractivity contribution >= 4 is 35.2 Å². The lowest BCUT2D eigenvalue weighted by Crippen LogP contribution is -2.42. The number of nitrogens with zero attached hydrogens (tertiary/aromatic N) is 2. The minimum atomic E-state index is -0.793. The molecule has 1 atom stereocenters. The van der Waals surface area contributed by atoms with E-state index in [1.165, 1.54) is 37.2 Å². The van der Waals surface area contributed by atoms with Gasteiger partial charge in [0.15, 0.2) is 10.9 Å². The highest BCUT2D eigenvalue weighted by Crippen LogP contribution is 2.22. The van der Waals surface area contributed by atoms with E-state index in [2.05, 4.69) is 15.3 Å². The molecule has 28 heavy (non-hydrogen) atoms. The van der Waals surface area contributed by atoms with Crippen LogP contribution < -0.4 is 5.32 Å². The van der Waals surface area contributed by atoms with Gasteiger partial charge in [-0.2, -0.15) is 0 Å². The number of carbonyl (C=O) groups excluding carboxylic acids is 2. The van der Waals surface area contributed by atoms with Crippen molar-refractivity contribution in [2.24, 2.45) is 5.92 Å². The molecule has 1 aromatic carbocycles. The molecule has 0 aliphatic carbocycles. The highest BCUT2D eigenvalue weighted by atomic mass is 35.5. The van der Waals surface area contributed by atoms with Crippen LogP contribution in [0.15, 0.2) is 35.6 Å². The molecule has 1 unspecified atom stereocenters. The molecule has 0 aliphatic rings. The third-order valence-corrected chi connectivity index (χ3v) is 4.93. The molecule has 0 fully saturated rings. The fourth-order valence-corrected chi connectivity index (χ4v) is 3.31. The monoisotopic (exact) mass is 425 g/mol. The number of amides is 1. The molecule has 1 amide bonds. The second-order valence-electron chi connectivity index (χ2n) is 6.44. The van der Waals surface area contributed by atoms with Gasteiger partial charge in [0.05, 0.1) is 18.3 Å². The number of esters is 1. The second-order valence-corrected chi connectivity index (χ2v) is 7.79. The fraction of sp³-hybridized carbons (Fsp3) is 0.368. The first-order chi connectivity index (χ1) is 13.3. The van der Waals surface area contributed by atoms with Gasteiger partial charge in [-0.05, 0) is 30.0 Å². The highest BCUT2D eigenvalue weighted by molar-refractivity contribution is 7.98. The Kier molecular flexibility index (Phi) is 8.19. The van der Waals surface area contributed by atoms with Crippen molar-refractivity contribution in [1.29, 1.82) is 0 Å². The summed E-state index contributed by atoms with van der Waals surface area (Å²) in [6, 6.07) is 5.29. The van der Waals surface area contributed by atoms with E-state index >= 15 is 0 Å². The molecule has 0 aliphatic heterocycles. The van der Waals surface area contributed by atoms with Crippen LogP contribution in [-0.4, -0.2) is 35.0 Å². The number of halogens is 2. The summed E-state index contributed by atoms with van der Waals surface area (Å²) in [5.74, 6) is -0.740. The van der Waals surface area contributed by atoms with Crippen LogP contribution >= 0.6 is 23.4 Å². The lowest BCUT2D eigenvalue weighted by Gasteiger charge is -2.18. The Hall–Kier alpha value is -2.19. The van der Waals surface area contributed by atoms with Gasteiger partial charge >= 0.3 is 5.97 Å². The van der Waals surface area contributed by atoms with E-state index in [1.807, 2.05) is 13.8 Å². The van der Waals surface area contributed by atoms with Crippen molar-refractivity contribution < 1.29 is 18.7 Å². The zero-order valence-corrected chi connectivity index (χ0v) is 17.3. The quantitative estimate of drug-likeness (QED) is 0.392. The maximum atomic E-state index is 13.0. The van der Waals surface area contributed by atoms with E-state index in [-0.39, 0.29) is 22.5 Å². The van der Waals surface area contributed by atoms with Crippen LogP contribution in [0.3, 0.4) is 0 Å². The first-order valence-electron chi connectivity index (χ1n) is 8.58. The van der Waals surface area contributed by atoms with Crippen LogP contribution in [0.2, 0.25) is 5.02 Å². The van der Waals surface area contributed by atoms with E-state index in [0.29, 0.717) is 17.3 Å². The van der Waals surface area contributed by atoms with Crippen molar-refractivity contribution in [3.63, 3.8) is 0 Å². The molecule has 0 radical (unpaired) electrons. The van der Waals surface area contributed by atoms with E-state index in [4.69, 9.17) is 16.3 Å². The van der Waals surface area contributed by atoms with Crippen molar-refractivity contribution in [2.75, 3.05) is 7.11 Å². The Morgan fingerprint density at radius 3 is 2.57 bits per heavy atom. The Morgan fingerprint density at radius 1 is 1.29 bits per heavy atom.